The Labute approximate surface area is 95.3 Å². The number of nitrogens with zero attached hydrogens (tertiary/aromatic N) is 2. The summed E-state index contributed by atoms with van der Waals surface area (Å²) in [4.78, 5) is 8.31. The third-order valence-electron chi connectivity index (χ3n) is 2.87. The highest BCUT2D eigenvalue weighted by Crippen LogP contribution is 2.35. The van der Waals surface area contributed by atoms with Crippen LogP contribution in [-0.4, -0.2) is 18.6 Å². The molecule has 2 rings (SSSR count). The highest BCUT2D eigenvalue weighted by atomic mass is 32.1. The number of thiazole rings is 1. The molecule has 1 aromatic heterocycles. The van der Waals surface area contributed by atoms with Crippen molar-refractivity contribution in [2.45, 2.75) is 38.6 Å². The second-order valence-corrected chi connectivity index (χ2v) is 5.29. The van der Waals surface area contributed by atoms with E-state index in [1.807, 2.05) is 11.3 Å². The van der Waals surface area contributed by atoms with Gasteiger partial charge in [0.1, 0.15) is 0 Å². The molecule has 0 amide bonds. The summed E-state index contributed by atoms with van der Waals surface area (Å²) in [6.45, 7) is 3.26. The van der Waals surface area contributed by atoms with Gasteiger partial charge in [0.05, 0.1) is 5.69 Å². The van der Waals surface area contributed by atoms with E-state index < -0.39 is 0 Å². The Hall–Kier alpha value is -0.610. The van der Waals surface area contributed by atoms with Gasteiger partial charge in [-0.1, -0.05) is 6.92 Å². The third-order valence-corrected chi connectivity index (χ3v) is 4.12. The highest BCUT2D eigenvalue weighted by molar-refractivity contribution is 7.15. The van der Waals surface area contributed by atoms with E-state index in [1.165, 1.54) is 17.7 Å². The standard InChI is InChI=1S/C11H19N3S/c1-3-7-14(2)11-13-10-8(12)5-4-6-9(10)15-11/h8H,3-7,12H2,1-2H3. The molecular weight excluding hydrogens is 206 g/mol. The zero-order chi connectivity index (χ0) is 10.8. The van der Waals surface area contributed by atoms with Crippen LogP contribution in [0.1, 0.15) is 42.8 Å². The van der Waals surface area contributed by atoms with E-state index in [4.69, 9.17) is 5.73 Å². The molecule has 0 radical (unpaired) electrons. The Bertz CT molecular complexity index is 335. The van der Waals surface area contributed by atoms with Crippen LogP contribution in [0.5, 0.6) is 0 Å². The fraction of sp³-hybridized carbons (Fsp3) is 0.727. The van der Waals surface area contributed by atoms with Crippen LogP contribution in [0, 0.1) is 0 Å². The van der Waals surface area contributed by atoms with Gasteiger partial charge in [0, 0.05) is 24.5 Å². The molecule has 0 fully saturated rings. The molecule has 3 nitrogen and oxygen atoms in total. The minimum Gasteiger partial charge on any atom is -0.351 e. The number of fused-ring (bicyclic) bond motifs is 1. The van der Waals surface area contributed by atoms with E-state index in [-0.39, 0.29) is 6.04 Å². The van der Waals surface area contributed by atoms with Crippen LogP contribution in [0.3, 0.4) is 0 Å². The van der Waals surface area contributed by atoms with Gasteiger partial charge in [-0.15, -0.1) is 11.3 Å². The van der Waals surface area contributed by atoms with Gasteiger partial charge in [-0.05, 0) is 25.7 Å². The number of anilines is 1. The van der Waals surface area contributed by atoms with Gasteiger partial charge in [0.2, 0.25) is 0 Å². The van der Waals surface area contributed by atoms with Gasteiger partial charge >= 0.3 is 0 Å². The average Bonchev–Trinajstić information content (AvgIpc) is 2.63. The minimum absolute atomic E-state index is 0.175. The fourth-order valence-electron chi connectivity index (χ4n) is 2.03. The van der Waals surface area contributed by atoms with Crippen LogP contribution in [0.4, 0.5) is 5.13 Å². The summed E-state index contributed by atoms with van der Waals surface area (Å²) in [5, 5.41) is 1.14. The molecule has 15 heavy (non-hydrogen) atoms. The molecule has 1 atom stereocenters. The summed E-state index contributed by atoms with van der Waals surface area (Å²) in [7, 11) is 2.11. The average molecular weight is 225 g/mol. The van der Waals surface area contributed by atoms with Crippen molar-refractivity contribution in [1.82, 2.24) is 4.98 Å². The maximum Gasteiger partial charge on any atom is 0.185 e. The van der Waals surface area contributed by atoms with Crippen molar-refractivity contribution >= 4 is 16.5 Å². The molecule has 2 N–H and O–H groups in total. The number of hydrogen-bond acceptors (Lipinski definition) is 4. The lowest BCUT2D eigenvalue weighted by Gasteiger charge is -2.16. The molecule has 0 bridgehead atoms. The molecule has 1 aliphatic rings. The number of hydrogen-bond donors (Lipinski definition) is 1. The molecule has 4 heteroatoms. The van der Waals surface area contributed by atoms with Crippen LogP contribution in [-0.2, 0) is 6.42 Å². The number of aromatic nitrogens is 1. The van der Waals surface area contributed by atoms with Crippen molar-refractivity contribution in [2.24, 2.45) is 5.73 Å². The zero-order valence-electron chi connectivity index (χ0n) is 9.49. The first-order valence-electron chi connectivity index (χ1n) is 5.68. The van der Waals surface area contributed by atoms with Crippen molar-refractivity contribution in [3.05, 3.63) is 10.6 Å². The Kier molecular flexibility index (Phi) is 3.26. The molecule has 84 valence electrons. The zero-order valence-corrected chi connectivity index (χ0v) is 10.3. The van der Waals surface area contributed by atoms with Crippen LogP contribution in [0.2, 0.25) is 0 Å². The van der Waals surface area contributed by atoms with Crippen LogP contribution >= 0.6 is 11.3 Å². The molecule has 1 aliphatic carbocycles. The minimum atomic E-state index is 0.175. The lowest BCUT2D eigenvalue weighted by molar-refractivity contribution is 0.563. The fourth-order valence-corrected chi connectivity index (χ4v) is 3.19. The summed E-state index contributed by atoms with van der Waals surface area (Å²) >= 11 is 1.82. The van der Waals surface area contributed by atoms with E-state index in [2.05, 4.69) is 23.9 Å². The van der Waals surface area contributed by atoms with Crippen molar-refractivity contribution in [3.63, 3.8) is 0 Å². The van der Waals surface area contributed by atoms with Gasteiger partial charge in [-0.2, -0.15) is 0 Å². The predicted octanol–water partition coefficient (Wildman–Crippen LogP) is 2.33. The quantitative estimate of drug-likeness (QED) is 0.858. The van der Waals surface area contributed by atoms with Gasteiger partial charge in [0.15, 0.2) is 5.13 Å². The molecule has 0 spiro atoms. The summed E-state index contributed by atoms with van der Waals surface area (Å²) < 4.78 is 0. The predicted molar refractivity (Wildman–Crippen MR) is 65.5 cm³/mol. The van der Waals surface area contributed by atoms with Crippen molar-refractivity contribution < 1.29 is 0 Å². The summed E-state index contributed by atoms with van der Waals surface area (Å²) in [5.74, 6) is 0. The highest BCUT2D eigenvalue weighted by Gasteiger charge is 2.22. The van der Waals surface area contributed by atoms with Crippen LogP contribution < -0.4 is 10.6 Å². The van der Waals surface area contributed by atoms with Crippen molar-refractivity contribution in [2.75, 3.05) is 18.5 Å². The molecule has 1 unspecified atom stereocenters. The topological polar surface area (TPSA) is 42.2 Å². The molecule has 0 saturated heterocycles. The van der Waals surface area contributed by atoms with Crippen molar-refractivity contribution in [3.8, 4) is 0 Å². The van der Waals surface area contributed by atoms with E-state index in [0.717, 1.165) is 30.2 Å². The smallest absolute Gasteiger partial charge is 0.185 e. The normalized spacial score (nSPS) is 20.1. The van der Waals surface area contributed by atoms with E-state index >= 15 is 0 Å². The monoisotopic (exact) mass is 225 g/mol. The first kappa shape index (κ1) is 10.9. The Morgan fingerprint density at radius 1 is 1.60 bits per heavy atom. The lowest BCUT2D eigenvalue weighted by Crippen LogP contribution is -2.19. The molecule has 0 saturated carbocycles. The second-order valence-electron chi connectivity index (χ2n) is 4.23. The lowest BCUT2D eigenvalue weighted by atomic mass is 9.99. The van der Waals surface area contributed by atoms with Gasteiger partial charge in [-0.25, -0.2) is 4.98 Å². The first-order valence-corrected chi connectivity index (χ1v) is 6.50. The van der Waals surface area contributed by atoms with Crippen molar-refractivity contribution in [1.29, 1.82) is 0 Å². The molecular formula is C11H19N3S. The Morgan fingerprint density at radius 3 is 3.07 bits per heavy atom. The number of rotatable bonds is 3. The maximum absolute atomic E-state index is 6.06. The summed E-state index contributed by atoms with van der Waals surface area (Å²) in [6, 6.07) is 0.175. The number of aryl methyl sites for hydroxylation is 1. The summed E-state index contributed by atoms with van der Waals surface area (Å²) in [6.07, 6.45) is 4.63. The summed E-state index contributed by atoms with van der Waals surface area (Å²) in [5.41, 5.74) is 7.22. The first-order chi connectivity index (χ1) is 7.22. The van der Waals surface area contributed by atoms with Gasteiger partial charge in [0.25, 0.3) is 0 Å². The van der Waals surface area contributed by atoms with Gasteiger partial charge < -0.3 is 10.6 Å². The molecule has 1 heterocycles. The van der Waals surface area contributed by atoms with E-state index in [1.54, 1.807) is 0 Å². The SMILES string of the molecule is CCCN(C)c1nc2c(s1)CCCC2N. The van der Waals surface area contributed by atoms with Gasteiger partial charge in [-0.3, -0.25) is 0 Å². The maximum atomic E-state index is 6.06. The van der Waals surface area contributed by atoms with E-state index in [9.17, 15) is 0 Å². The van der Waals surface area contributed by atoms with E-state index in [0.29, 0.717) is 0 Å². The molecule has 1 aromatic rings. The second kappa shape index (κ2) is 4.49. The van der Waals surface area contributed by atoms with Crippen LogP contribution in [0.15, 0.2) is 0 Å². The molecule has 0 aromatic carbocycles. The Balaban J connectivity index is 2.21. The largest absolute Gasteiger partial charge is 0.351 e. The molecule has 0 aliphatic heterocycles. The third kappa shape index (κ3) is 2.16. The number of nitrogens with two attached hydrogens (primary N) is 1. The van der Waals surface area contributed by atoms with Crippen LogP contribution in [0.25, 0.3) is 0 Å². The Morgan fingerprint density at radius 2 is 2.40 bits per heavy atom.